The van der Waals surface area contributed by atoms with Crippen molar-refractivity contribution in [3.8, 4) is 11.8 Å². The second-order valence-corrected chi connectivity index (χ2v) is 4.15. The Morgan fingerprint density at radius 3 is 2.71 bits per heavy atom. The first-order valence-electron chi connectivity index (χ1n) is 6.01. The first-order valence-corrected chi connectivity index (χ1v) is 6.01. The third-order valence-electron chi connectivity index (χ3n) is 2.90. The van der Waals surface area contributed by atoms with Crippen LogP contribution in [0.15, 0.2) is 36.4 Å². The maximum Gasteiger partial charge on any atom is 0.257 e. The molecule has 5 nitrogen and oxygen atoms in total. The minimum Gasteiger partial charge on any atom is -0.495 e. The van der Waals surface area contributed by atoms with Crippen LogP contribution < -0.4 is 15.8 Å². The number of ether oxygens (including phenoxy) is 1. The SMILES string of the molecule is COc1cccc(C(=O)Nc2cccc(F)c2C#N)c1N. The van der Waals surface area contributed by atoms with Gasteiger partial charge in [-0.2, -0.15) is 5.26 Å². The van der Waals surface area contributed by atoms with E-state index in [4.69, 9.17) is 15.7 Å². The number of rotatable bonds is 3. The summed E-state index contributed by atoms with van der Waals surface area (Å²) in [5.41, 5.74) is 6.04. The Morgan fingerprint density at radius 2 is 2.05 bits per heavy atom. The van der Waals surface area contributed by atoms with E-state index in [1.807, 2.05) is 0 Å². The van der Waals surface area contributed by atoms with Crippen LogP contribution in [-0.4, -0.2) is 13.0 Å². The zero-order valence-corrected chi connectivity index (χ0v) is 11.2. The van der Waals surface area contributed by atoms with Crippen LogP contribution in [0.4, 0.5) is 15.8 Å². The largest absolute Gasteiger partial charge is 0.495 e. The number of carbonyl (C=O) groups excluding carboxylic acids is 1. The Labute approximate surface area is 120 Å². The molecule has 0 atom stereocenters. The van der Waals surface area contributed by atoms with Crippen LogP contribution in [0, 0.1) is 17.1 Å². The van der Waals surface area contributed by atoms with Crippen LogP contribution in [0.2, 0.25) is 0 Å². The van der Waals surface area contributed by atoms with Crippen LogP contribution >= 0.6 is 0 Å². The fraction of sp³-hybridized carbons (Fsp3) is 0.0667. The molecular formula is C15H12FN3O2. The van der Waals surface area contributed by atoms with Gasteiger partial charge in [-0.05, 0) is 24.3 Å². The number of methoxy groups -OCH3 is 1. The van der Waals surface area contributed by atoms with Gasteiger partial charge < -0.3 is 15.8 Å². The number of anilines is 2. The van der Waals surface area contributed by atoms with Crippen molar-refractivity contribution in [2.45, 2.75) is 0 Å². The van der Waals surface area contributed by atoms with Crippen molar-refractivity contribution in [1.82, 2.24) is 0 Å². The minimum atomic E-state index is -0.700. The van der Waals surface area contributed by atoms with Crippen LogP contribution in [0.5, 0.6) is 5.75 Å². The molecule has 106 valence electrons. The van der Waals surface area contributed by atoms with Crippen molar-refractivity contribution in [2.75, 3.05) is 18.2 Å². The fourth-order valence-electron chi connectivity index (χ4n) is 1.85. The Hall–Kier alpha value is -3.07. The summed E-state index contributed by atoms with van der Waals surface area (Å²) in [7, 11) is 1.44. The van der Waals surface area contributed by atoms with E-state index < -0.39 is 11.7 Å². The molecule has 0 saturated heterocycles. The lowest BCUT2D eigenvalue weighted by atomic mass is 10.1. The molecule has 0 unspecified atom stereocenters. The van der Waals surface area contributed by atoms with Gasteiger partial charge in [0, 0.05) is 0 Å². The predicted molar refractivity (Wildman–Crippen MR) is 76.5 cm³/mol. The highest BCUT2D eigenvalue weighted by atomic mass is 19.1. The molecule has 6 heteroatoms. The molecular weight excluding hydrogens is 273 g/mol. The van der Waals surface area contributed by atoms with Gasteiger partial charge in [-0.15, -0.1) is 0 Å². The molecule has 2 aromatic carbocycles. The normalized spacial score (nSPS) is 9.76. The first-order chi connectivity index (χ1) is 10.1. The number of halogens is 1. The highest BCUT2D eigenvalue weighted by molar-refractivity contribution is 6.09. The third-order valence-corrected chi connectivity index (χ3v) is 2.90. The molecule has 0 aliphatic rings. The number of nitrogen functional groups attached to an aromatic ring is 1. The molecule has 0 aliphatic carbocycles. The first kappa shape index (κ1) is 14.3. The molecule has 1 amide bonds. The van der Waals surface area contributed by atoms with Crippen molar-refractivity contribution >= 4 is 17.3 Å². The Bertz CT molecular complexity index is 738. The molecule has 0 fully saturated rings. The van der Waals surface area contributed by atoms with Gasteiger partial charge in [0.25, 0.3) is 5.91 Å². The van der Waals surface area contributed by atoms with Crippen molar-refractivity contribution in [1.29, 1.82) is 5.26 Å². The van der Waals surface area contributed by atoms with Crippen LogP contribution in [0.1, 0.15) is 15.9 Å². The van der Waals surface area contributed by atoms with Crippen molar-refractivity contribution < 1.29 is 13.9 Å². The van der Waals surface area contributed by atoms with Gasteiger partial charge >= 0.3 is 0 Å². The van der Waals surface area contributed by atoms with Gasteiger partial charge in [-0.1, -0.05) is 12.1 Å². The standard InChI is InChI=1S/C15H12FN3O2/c1-21-13-7-2-4-9(14(13)18)15(20)19-12-6-3-5-11(16)10(12)8-17/h2-7H,18H2,1H3,(H,19,20). The summed E-state index contributed by atoms with van der Waals surface area (Å²) < 4.78 is 18.5. The molecule has 21 heavy (non-hydrogen) atoms. The van der Waals surface area contributed by atoms with Crippen LogP contribution in [-0.2, 0) is 0 Å². The van der Waals surface area contributed by atoms with Crippen LogP contribution in [0.3, 0.4) is 0 Å². The lowest BCUT2D eigenvalue weighted by Gasteiger charge is -2.11. The maximum atomic E-state index is 13.5. The molecule has 0 spiro atoms. The molecule has 0 heterocycles. The summed E-state index contributed by atoms with van der Waals surface area (Å²) in [6.07, 6.45) is 0. The smallest absolute Gasteiger partial charge is 0.257 e. The number of amides is 1. The highest BCUT2D eigenvalue weighted by Gasteiger charge is 2.16. The molecule has 2 aromatic rings. The van der Waals surface area contributed by atoms with E-state index in [2.05, 4.69) is 5.32 Å². The number of para-hydroxylation sites is 1. The summed E-state index contributed by atoms with van der Waals surface area (Å²) in [4.78, 5) is 12.2. The molecule has 0 bridgehead atoms. The number of benzene rings is 2. The molecule has 0 radical (unpaired) electrons. The number of nitriles is 1. The molecule has 0 saturated carbocycles. The van der Waals surface area contributed by atoms with E-state index in [1.165, 1.54) is 25.3 Å². The number of nitrogens with zero attached hydrogens (tertiary/aromatic N) is 1. The van der Waals surface area contributed by atoms with Gasteiger partial charge in [0.2, 0.25) is 0 Å². The van der Waals surface area contributed by atoms with E-state index in [-0.39, 0.29) is 22.5 Å². The lowest BCUT2D eigenvalue weighted by Crippen LogP contribution is -2.15. The third kappa shape index (κ3) is 2.77. The summed E-state index contributed by atoms with van der Waals surface area (Å²) in [5, 5.41) is 11.4. The van der Waals surface area contributed by atoms with Gasteiger partial charge in [0.1, 0.15) is 23.2 Å². The number of carbonyl (C=O) groups is 1. The monoisotopic (exact) mass is 285 g/mol. The van der Waals surface area contributed by atoms with E-state index in [1.54, 1.807) is 18.2 Å². The number of hydrogen-bond donors (Lipinski definition) is 2. The minimum absolute atomic E-state index is 0.0877. The Balaban J connectivity index is 2.36. The summed E-state index contributed by atoms with van der Waals surface area (Å²) >= 11 is 0. The van der Waals surface area contributed by atoms with E-state index in [9.17, 15) is 9.18 Å². The molecule has 0 aromatic heterocycles. The molecule has 3 N–H and O–H groups in total. The van der Waals surface area contributed by atoms with Crippen molar-refractivity contribution in [2.24, 2.45) is 0 Å². The van der Waals surface area contributed by atoms with Gasteiger partial charge in [-0.25, -0.2) is 4.39 Å². The Kier molecular flexibility index (Phi) is 4.05. The van der Waals surface area contributed by atoms with Gasteiger partial charge in [0.15, 0.2) is 0 Å². The second kappa shape index (κ2) is 5.92. The fourth-order valence-corrected chi connectivity index (χ4v) is 1.85. The van der Waals surface area contributed by atoms with E-state index in [0.29, 0.717) is 5.75 Å². The predicted octanol–water partition coefficient (Wildman–Crippen LogP) is 2.54. The zero-order chi connectivity index (χ0) is 15.4. The summed E-state index contributed by atoms with van der Waals surface area (Å²) in [6.45, 7) is 0. The van der Waals surface area contributed by atoms with E-state index in [0.717, 1.165) is 6.07 Å². The van der Waals surface area contributed by atoms with Gasteiger partial charge in [0.05, 0.1) is 24.0 Å². The summed E-state index contributed by atoms with van der Waals surface area (Å²) in [5.74, 6) is -0.884. The second-order valence-electron chi connectivity index (χ2n) is 4.15. The average molecular weight is 285 g/mol. The molecule has 0 aliphatic heterocycles. The zero-order valence-electron chi connectivity index (χ0n) is 11.2. The quantitative estimate of drug-likeness (QED) is 0.848. The molecule has 2 rings (SSSR count). The topological polar surface area (TPSA) is 88.1 Å². The maximum absolute atomic E-state index is 13.5. The van der Waals surface area contributed by atoms with E-state index >= 15 is 0 Å². The van der Waals surface area contributed by atoms with Gasteiger partial charge in [-0.3, -0.25) is 4.79 Å². The lowest BCUT2D eigenvalue weighted by molar-refractivity contribution is 0.102. The van der Waals surface area contributed by atoms with Crippen molar-refractivity contribution in [3.05, 3.63) is 53.3 Å². The Morgan fingerprint density at radius 1 is 1.33 bits per heavy atom. The van der Waals surface area contributed by atoms with Crippen LogP contribution in [0.25, 0.3) is 0 Å². The van der Waals surface area contributed by atoms with Crippen molar-refractivity contribution in [3.63, 3.8) is 0 Å². The number of hydrogen-bond acceptors (Lipinski definition) is 4. The average Bonchev–Trinajstić information content (AvgIpc) is 2.47. The highest BCUT2D eigenvalue weighted by Crippen LogP contribution is 2.26. The number of nitrogens with one attached hydrogen (secondary N) is 1. The number of nitrogens with two attached hydrogens (primary N) is 1. The summed E-state index contributed by atoms with van der Waals surface area (Å²) in [6, 6.07) is 10.4.